The molecule has 7 heteroatoms. The Bertz CT molecular complexity index is 1330. The van der Waals surface area contributed by atoms with Gasteiger partial charge in [-0.15, -0.1) is 6.58 Å². The fourth-order valence-electron chi connectivity index (χ4n) is 4.05. The Morgan fingerprint density at radius 2 is 1.89 bits per heavy atom. The van der Waals surface area contributed by atoms with Gasteiger partial charge >= 0.3 is 0 Å². The van der Waals surface area contributed by atoms with E-state index in [9.17, 15) is 4.79 Å². The van der Waals surface area contributed by atoms with Gasteiger partial charge in [-0.25, -0.2) is 4.98 Å². The monoisotopic (exact) mass is 547 g/mol. The number of benzene rings is 3. The van der Waals surface area contributed by atoms with Crippen molar-refractivity contribution in [2.45, 2.75) is 32.4 Å². The van der Waals surface area contributed by atoms with E-state index in [2.05, 4.69) is 38.5 Å². The van der Waals surface area contributed by atoms with Gasteiger partial charge in [0.1, 0.15) is 5.82 Å². The zero-order valence-electron chi connectivity index (χ0n) is 20.4. The van der Waals surface area contributed by atoms with E-state index < -0.39 is 0 Å². The molecule has 186 valence electrons. The van der Waals surface area contributed by atoms with E-state index in [4.69, 9.17) is 14.5 Å². The van der Waals surface area contributed by atoms with Crippen molar-refractivity contribution in [2.75, 3.05) is 13.7 Å². The van der Waals surface area contributed by atoms with Crippen LogP contribution in [0, 0.1) is 0 Å². The number of nitrogens with one attached hydrogen (secondary N) is 1. The van der Waals surface area contributed by atoms with E-state index in [0.29, 0.717) is 18.7 Å². The number of fused-ring (bicyclic) bond motifs is 1. The quantitative estimate of drug-likeness (QED) is 0.166. The highest BCUT2D eigenvalue weighted by Crippen LogP contribution is 2.28. The van der Waals surface area contributed by atoms with Gasteiger partial charge in [0.05, 0.1) is 31.3 Å². The molecule has 0 saturated carbocycles. The molecule has 0 saturated heterocycles. The first kappa shape index (κ1) is 25.5. The molecule has 1 aromatic heterocycles. The number of para-hydroxylation sites is 2. The topological polar surface area (TPSA) is 65.4 Å². The van der Waals surface area contributed by atoms with Crippen LogP contribution in [0.2, 0.25) is 0 Å². The fraction of sp³-hybridized carbons (Fsp3) is 0.241. The normalized spacial score (nSPS) is 10.8. The van der Waals surface area contributed by atoms with Crippen molar-refractivity contribution in [3.8, 4) is 11.5 Å². The fourth-order valence-corrected chi connectivity index (χ4v) is 4.32. The van der Waals surface area contributed by atoms with Crippen molar-refractivity contribution < 1.29 is 14.3 Å². The van der Waals surface area contributed by atoms with Crippen molar-refractivity contribution in [1.82, 2.24) is 14.9 Å². The van der Waals surface area contributed by atoms with Gasteiger partial charge in [0.2, 0.25) is 0 Å². The number of ether oxygens (including phenoxy) is 2. The SMILES string of the molecule is C=CCc1ccc(OCCCCn2c(CNC(=O)c3ccc(Br)cc3)nc3ccccc32)c(OC)c1. The van der Waals surface area contributed by atoms with E-state index in [1.165, 1.54) is 0 Å². The molecule has 0 unspecified atom stereocenters. The van der Waals surface area contributed by atoms with Crippen LogP contribution >= 0.6 is 15.9 Å². The third kappa shape index (κ3) is 6.34. The predicted molar refractivity (Wildman–Crippen MR) is 147 cm³/mol. The molecule has 0 aliphatic rings. The third-order valence-corrected chi connectivity index (χ3v) is 6.42. The number of aromatic nitrogens is 2. The second-order valence-corrected chi connectivity index (χ2v) is 9.31. The van der Waals surface area contributed by atoms with Crippen LogP contribution in [0.15, 0.2) is 83.9 Å². The average Bonchev–Trinajstić information content (AvgIpc) is 3.25. The Kier molecular flexibility index (Phi) is 8.79. The summed E-state index contributed by atoms with van der Waals surface area (Å²) in [6.07, 6.45) is 4.44. The molecule has 1 heterocycles. The molecule has 0 atom stereocenters. The zero-order valence-corrected chi connectivity index (χ0v) is 22.0. The summed E-state index contributed by atoms with van der Waals surface area (Å²) in [6, 6.07) is 21.3. The van der Waals surface area contributed by atoms with Gasteiger partial charge in [0, 0.05) is 16.6 Å². The van der Waals surface area contributed by atoms with Crippen molar-refractivity contribution >= 4 is 32.9 Å². The van der Waals surface area contributed by atoms with Gasteiger partial charge in [0.15, 0.2) is 11.5 Å². The van der Waals surface area contributed by atoms with Crippen LogP contribution in [-0.4, -0.2) is 29.2 Å². The molecule has 4 rings (SSSR count). The molecular formula is C29H30BrN3O3. The summed E-state index contributed by atoms with van der Waals surface area (Å²) in [6.45, 7) is 5.50. The van der Waals surface area contributed by atoms with Crippen molar-refractivity contribution in [1.29, 1.82) is 0 Å². The van der Waals surface area contributed by atoms with Gasteiger partial charge in [-0.1, -0.05) is 40.2 Å². The largest absolute Gasteiger partial charge is 0.493 e. The van der Waals surface area contributed by atoms with Crippen molar-refractivity contribution in [2.24, 2.45) is 0 Å². The molecule has 0 fully saturated rings. The molecule has 1 amide bonds. The molecule has 1 N–H and O–H groups in total. The number of nitrogens with zero attached hydrogens (tertiary/aromatic N) is 2. The number of carbonyl (C=O) groups excluding carboxylic acids is 1. The number of amides is 1. The lowest BCUT2D eigenvalue weighted by molar-refractivity contribution is 0.0949. The standard InChI is InChI=1S/C29H30BrN3O3/c1-3-8-21-11-16-26(27(19-21)35-2)36-18-7-6-17-33-25-10-5-4-9-24(25)32-28(33)20-31-29(34)22-12-14-23(30)15-13-22/h3-5,9-16,19H,1,6-8,17-18,20H2,2H3,(H,31,34). The summed E-state index contributed by atoms with van der Waals surface area (Å²) in [5.74, 6) is 2.19. The lowest BCUT2D eigenvalue weighted by atomic mass is 10.1. The van der Waals surface area contributed by atoms with Gasteiger partial charge in [-0.2, -0.15) is 0 Å². The van der Waals surface area contributed by atoms with Crippen LogP contribution < -0.4 is 14.8 Å². The third-order valence-electron chi connectivity index (χ3n) is 5.89. The van der Waals surface area contributed by atoms with Crippen LogP contribution in [0.3, 0.4) is 0 Å². The summed E-state index contributed by atoms with van der Waals surface area (Å²) in [5, 5.41) is 3.00. The number of hydrogen-bond acceptors (Lipinski definition) is 4. The molecule has 6 nitrogen and oxygen atoms in total. The molecule has 36 heavy (non-hydrogen) atoms. The Labute approximate surface area is 220 Å². The molecule has 0 radical (unpaired) electrons. The summed E-state index contributed by atoms with van der Waals surface area (Å²) < 4.78 is 14.6. The summed E-state index contributed by atoms with van der Waals surface area (Å²) >= 11 is 3.40. The molecule has 0 bridgehead atoms. The van der Waals surface area contributed by atoms with Crippen LogP contribution in [0.5, 0.6) is 11.5 Å². The maximum atomic E-state index is 12.6. The van der Waals surface area contributed by atoms with Gasteiger partial charge in [0.25, 0.3) is 5.91 Å². The Hall–Kier alpha value is -3.58. The van der Waals surface area contributed by atoms with Crippen LogP contribution in [0.1, 0.15) is 34.6 Å². The van der Waals surface area contributed by atoms with Crippen molar-refractivity contribution in [3.05, 3.63) is 101 Å². The lowest BCUT2D eigenvalue weighted by Crippen LogP contribution is -2.24. The number of carbonyl (C=O) groups is 1. The molecule has 0 aliphatic carbocycles. The van der Waals surface area contributed by atoms with Crippen LogP contribution in [-0.2, 0) is 19.5 Å². The van der Waals surface area contributed by atoms with E-state index in [1.807, 2.05) is 54.6 Å². The first-order chi connectivity index (χ1) is 17.6. The summed E-state index contributed by atoms with van der Waals surface area (Å²) in [4.78, 5) is 17.4. The number of hydrogen-bond donors (Lipinski definition) is 1. The number of halogens is 1. The van der Waals surface area contributed by atoms with Gasteiger partial charge in [-0.05, 0) is 73.4 Å². The number of imidazole rings is 1. The predicted octanol–water partition coefficient (Wildman–Crippen LogP) is 6.33. The minimum atomic E-state index is -0.123. The Morgan fingerprint density at radius 1 is 1.08 bits per heavy atom. The highest BCUT2D eigenvalue weighted by molar-refractivity contribution is 9.10. The number of aryl methyl sites for hydroxylation is 1. The smallest absolute Gasteiger partial charge is 0.251 e. The molecule has 0 aliphatic heterocycles. The maximum Gasteiger partial charge on any atom is 0.251 e. The number of rotatable bonds is 12. The summed E-state index contributed by atoms with van der Waals surface area (Å²) in [7, 11) is 1.65. The summed E-state index contributed by atoms with van der Waals surface area (Å²) in [5.41, 5.74) is 3.74. The minimum absolute atomic E-state index is 0.123. The highest BCUT2D eigenvalue weighted by Gasteiger charge is 2.13. The highest BCUT2D eigenvalue weighted by atomic mass is 79.9. The molecule has 4 aromatic rings. The number of methoxy groups -OCH3 is 1. The van der Waals surface area contributed by atoms with Crippen LogP contribution in [0.4, 0.5) is 0 Å². The average molecular weight is 548 g/mol. The second-order valence-electron chi connectivity index (χ2n) is 8.39. The van der Waals surface area contributed by atoms with Gasteiger partial charge in [-0.3, -0.25) is 4.79 Å². The van der Waals surface area contributed by atoms with Crippen LogP contribution in [0.25, 0.3) is 11.0 Å². The molecule has 0 spiro atoms. The first-order valence-corrected chi connectivity index (χ1v) is 12.8. The van der Waals surface area contributed by atoms with E-state index in [-0.39, 0.29) is 5.91 Å². The van der Waals surface area contributed by atoms with Crippen molar-refractivity contribution in [3.63, 3.8) is 0 Å². The second kappa shape index (κ2) is 12.4. The Morgan fingerprint density at radius 3 is 2.67 bits per heavy atom. The zero-order chi connectivity index (χ0) is 25.3. The van der Waals surface area contributed by atoms with E-state index in [0.717, 1.165) is 64.2 Å². The van der Waals surface area contributed by atoms with E-state index in [1.54, 1.807) is 19.2 Å². The first-order valence-electron chi connectivity index (χ1n) is 12.0. The number of unbranched alkanes of at least 4 members (excludes halogenated alkanes) is 1. The molecular weight excluding hydrogens is 518 g/mol. The van der Waals surface area contributed by atoms with E-state index >= 15 is 0 Å². The lowest BCUT2D eigenvalue weighted by Gasteiger charge is -2.13. The van der Waals surface area contributed by atoms with Gasteiger partial charge < -0.3 is 19.4 Å². The maximum absolute atomic E-state index is 12.6. The minimum Gasteiger partial charge on any atom is -0.493 e. The Balaban J connectivity index is 1.36. The molecule has 3 aromatic carbocycles. The number of allylic oxidation sites excluding steroid dienone is 1.